The predicted molar refractivity (Wildman–Crippen MR) is 147 cm³/mol. The smallest absolute Gasteiger partial charge is 0.242 e. The van der Waals surface area contributed by atoms with Crippen molar-refractivity contribution in [3.63, 3.8) is 0 Å². The van der Waals surface area contributed by atoms with E-state index in [1.54, 1.807) is 24.3 Å². The lowest BCUT2D eigenvalue weighted by Crippen LogP contribution is -2.48. The van der Waals surface area contributed by atoms with Gasteiger partial charge < -0.3 is 4.90 Å². The summed E-state index contributed by atoms with van der Waals surface area (Å²) in [4.78, 5) is 42.7. The van der Waals surface area contributed by atoms with Gasteiger partial charge in [-0.15, -0.1) is 0 Å². The minimum Gasteiger partial charge on any atom is -0.340 e. The molecule has 3 aromatic rings. The average Bonchev–Trinajstić information content (AvgIpc) is 2.96. The molecule has 0 unspecified atom stereocenters. The van der Waals surface area contributed by atoms with Crippen molar-refractivity contribution in [3.8, 4) is 0 Å². The molecule has 1 amide bonds. The number of hydrogen-bond donors (Lipinski definition) is 0. The van der Waals surface area contributed by atoms with Crippen molar-refractivity contribution in [2.75, 3.05) is 39.8 Å². The normalized spacial score (nSPS) is 15.8. The molecule has 8 nitrogen and oxygen atoms in total. The van der Waals surface area contributed by atoms with Gasteiger partial charge in [0.2, 0.25) is 15.9 Å². The molecule has 0 bridgehead atoms. The van der Waals surface area contributed by atoms with Gasteiger partial charge in [-0.25, -0.2) is 12.7 Å². The summed E-state index contributed by atoms with van der Waals surface area (Å²) in [6.07, 6.45) is 0.640. The summed E-state index contributed by atoms with van der Waals surface area (Å²) in [5.74, 6) is -0.636. The zero-order valence-electron chi connectivity index (χ0n) is 21.9. The second-order valence-corrected chi connectivity index (χ2v) is 12.0. The molecule has 1 aliphatic heterocycles. The zero-order valence-corrected chi connectivity index (χ0v) is 22.7. The molecular weight excluding hydrogens is 514 g/mol. The van der Waals surface area contributed by atoms with E-state index >= 15 is 0 Å². The molecule has 2 aliphatic rings. The molecule has 1 heterocycles. The van der Waals surface area contributed by atoms with Crippen LogP contribution in [0.25, 0.3) is 0 Å². The van der Waals surface area contributed by atoms with Gasteiger partial charge in [-0.1, -0.05) is 54.6 Å². The lowest BCUT2D eigenvalue weighted by Gasteiger charge is -2.35. The number of carbonyl (C=O) groups excluding carboxylic acids is 3. The molecule has 3 aromatic carbocycles. The highest BCUT2D eigenvalue weighted by Crippen LogP contribution is 2.29. The second-order valence-electron chi connectivity index (χ2n) is 9.98. The van der Waals surface area contributed by atoms with Gasteiger partial charge in [-0.3, -0.25) is 19.3 Å². The van der Waals surface area contributed by atoms with E-state index in [1.807, 2.05) is 23.1 Å². The van der Waals surface area contributed by atoms with Gasteiger partial charge in [0.1, 0.15) is 0 Å². The van der Waals surface area contributed by atoms with Crippen molar-refractivity contribution in [1.29, 1.82) is 0 Å². The molecule has 1 fully saturated rings. The fourth-order valence-corrected chi connectivity index (χ4v) is 6.38. The highest BCUT2D eigenvalue weighted by Gasteiger charge is 2.31. The maximum atomic E-state index is 13.2. The third-order valence-electron chi connectivity index (χ3n) is 7.44. The summed E-state index contributed by atoms with van der Waals surface area (Å²) in [6.45, 7) is 3.95. The third kappa shape index (κ3) is 5.56. The van der Waals surface area contributed by atoms with Gasteiger partial charge in [0.25, 0.3) is 0 Å². The van der Waals surface area contributed by atoms with Crippen molar-refractivity contribution in [3.05, 3.63) is 101 Å². The van der Waals surface area contributed by atoms with Crippen LogP contribution in [0, 0.1) is 0 Å². The highest BCUT2D eigenvalue weighted by atomic mass is 32.2. The van der Waals surface area contributed by atoms with E-state index in [1.165, 1.54) is 35.1 Å². The SMILES string of the molecule is CN(CCCC(=O)N1CCN(Cc2ccccc2)CC1)S(=O)(=O)c1ccc2c(c1)C(=O)c1ccccc1C2=O. The topological polar surface area (TPSA) is 95.1 Å². The molecule has 1 saturated heterocycles. The molecule has 0 aromatic heterocycles. The number of fused-ring (bicyclic) bond motifs is 2. The average molecular weight is 546 g/mol. The second kappa shape index (κ2) is 11.2. The fraction of sp³-hybridized carbons (Fsp3) is 0.300. The van der Waals surface area contributed by atoms with Crippen LogP contribution >= 0.6 is 0 Å². The molecule has 9 heteroatoms. The van der Waals surface area contributed by atoms with Crippen LogP contribution in [0.1, 0.15) is 50.2 Å². The molecule has 0 radical (unpaired) electrons. The first-order valence-electron chi connectivity index (χ1n) is 13.1. The summed E-state index contributed by atoms with van der Waals surface area (Å²) in [7, 11) is -2.45. The Labute approximate surface area is 228 Å². The highest BCUT2D eigenvalue weighted by molar-refractivity contribution is 7.89. The molecule has 0 saturated carbocycles. The van der Waals surface area contributed by atoms with Gasteiger partial charge in [-0.2, -0.15) is 0 Å². The molecule has 0 spiro atoms. The maximum Gasteiger partial charge on any atom is 0.242 e. The van der Waals surface area contributed by atoms with Crippen LogP contribution in [0.4, 0.5) is 0 Å². The number of hydrogen-bond acceptors (Lipinski definition) is 6. The Kier molecular flexibility index (Phi) is 7.74. The van der Waals surface area contributed by atoms with E-state index in [0.717, 1.165) is 19.6 Å². The van der Waals surface area contributed by atoms with E-state index in [4.69, 9.17) is 0 Å². The Bertz CT molecular complexity index is 1510. The largest absolute Gasteiger partial charge is 0.340 e. The number of ketones is 2. The number of sulfonamides is 1. The van der Waals surface area contributed by atoms with Crippen molar-refractivity contribution >= 4 is 27.5 Å². The predicted octanol–water partition coefficient (Wildman–Crippen LogP) is 3.21. The molecule has 0 atom stereocenters. The lowest BCUT2D eigenvalue weighted by atomic mass is 9.84. The minimum absolute atomic E-state index is 0.0247. The summed E-state index contributed by atoms with van der Waals surface area (Å²) in [6, 6.07) is 20.9. The quantitative estimate of drug-likeness (QED) is 0.338. The van der Waals surface area contributed by atoms with E-state index in [0.29, 0.717) is 25.1 Å². The van der Waals surface area contributed by atoms with Crippen molar-refractivity contribution in [2.45, 2.75) is 24.3 Å². The number of benzene rings is 3. The molecule has 5 rings (SSSR count). The lowest BCUT2D eigenvalue weighted by molar-refractivity contribution is -0.133. The first-order valence-corrected chi connectivity index (χ1v) is 14.5. The molecule has 1 aliphatic carbocycles. The Morgan fingerprint density at radius 2 is 1.38 bits per heavy atom. The standard InChI is InChI=1S/C30H31N3O5S/c1-31(15-7-12-28(34)33-18-16-32(17-19-33)21-22-8-3-2-4-9-22)39(37,38)23-13-14-26-27(20-23)30(36)25-11-6-5-10-24(25)29(26)35/h2-6,8-11,13-14,20H,7,12,15-19,21H2,1H3. The Hall–Kier alpha value is -3.66. The number of rotatable bonds is 8. The summed E-state index contributed by atoms with van der Waals surface area (Å²) in [5, 5.41) is 0. The third-order valence-corrected chi connectivity index (χ3v) is 9.30. The number of nitrogens with zero attached hydrogens (tertiary/aromatic N) is 3. The fourth-order valence-electron chi connectivity index (χ4n) is 5.15. The van der Waals surface area contributed by atoms with E-state index in [9.17, 15) is 22.8 Å². The van der Waals surface area contributed by atoms with Crippen LogP contribution in [-0.4, -0.2) is 79.8 Å². The van der Waals surface area contributed by atoms with Crippen LogP contribution < -0.4 is 0 Å². The maximum absolute atomic E-state index is 13.2. The van der Waals surface area contributed by atoms with Crippen molar-refractivity contribution in [2.24, 2.45) is 0 Å². The number of piperazine rings is 1. The summed E-state index contributed by atoms with van der Waals surface area (Å²) in [5.41, 5.74) is 2.15. The van der Waals surface area contributed by atoms with E-state index in [-0.39, 0.29) is 52.0 Å². The number of carbonyl (C=O) groups is 3. The Morgan fingerprint density at radius 1 is 0.795 bits per heavy atom. The van der Waals surface area contributed by atoms with Gasteiger partial charge in [-0.05, 0) is 30.2 Å². The van der Waals surface area contributed by atoms with Crippen LogP contribution in [0.2, 0.25) is 0 Å². The van der Waals surface area contributed by atoms with E-state index < -0.39 is 10.0 Å². The summed E-state index contributed by atoms with van der Waals surface area (Å²) >= 11 is 0. The van der Waals surface area contributed by atoms with Crippen LogP contribution in [0.15, 0.2) is 77.7 Å². The zero-order chi connectivity index (χ0) is 27.6. The first kappa shape index (κ1) is 26.9. The van der Waals surface area contributed by atoms with Crippen molar-refractivity contribution in [1.82, 2.24) is 14.1 Å². The van der Waals surface area contributed by atoms with Gasteiger partial charge in [0, 0.05) is 75.0 Å². The molecular formula is C30H31N3O5S. The molecule has 39 heavy (non-hydrogen) atoms. The molecule has 202 valence electrons. The Morgan fingerprint density at radius 3 is 2.05 bits per heavy atom. The van der Waals surface area contributed by atoms with Crippen LogP contribution in [0.5, 0.6) is 0 Å². The minimum atomic E-state index is -3.91. The Balaban J connectivity index is 1.15. The van der Waals surface area contributed by atoms with Gasteiger partial charge in [0.15, 0.2) is 11.6 Å². The van der Waals surface area contributed by atoms with Crippen molar-refractivity contribution < 1.29 is 22.8 Å². The first-order chi connectivity index (χ1) is 18.8. The molecule has 0 N–H and O–H groups in total. The van der Waals surface area contributed by atoms with E-state index in [2.05, 4.69) is 17.0 Å². The van der Waals surface area contributed by atoms with Gasteiger partial charge >= 0.3 is 0 Å². The number of amides is 1. The summed E-state index contributed by atoms with van der Waals surface area (Å²) < 4.78 is 27.7. The van der Waals surface area contributed by atoms with Crippen LogP contribution in [0.3, 0.4) is 0 Å². The van der Waals surface area contributed by atoms with Crippen LogP contribution in [-0.2, 0) is 21.4 Å². The monoisotopic (exact) mass is 545 g/mol. The van der Waals surface area contributed by atoms with Gasteiger partial charge in [0.05, 0.1) is 4.90 Å².